The van der Waals surface area contributed by atoms with Gasteiger partial charge in [-0.3, -0.25) is 14.8 Å². The van der Waals surface area contributed by atoms with Crippen molar-refractivity contribution in [3.05, 3.63) is 29.6 Å². The molecule has 0 aliphatic carbocycles. The average molecular weight is 358 g/mol. The van der Waals surface area contributed by atoms with Crippen LogP contribution in [0, 0.1) is 6.92 Å². The summed E-state index contributed by atoms with van der Waals surface area (Å²) in [7, 11) is 0. The first kappa shape index (κ1) is 15.9. The molecule has 130 valence electrons. The summed E-state index contributed by atoms with van der Waals surface area (Å²) in [4.78, 5) is 17.1. The summed E-state index contributed by atoms with van der Waals surface area (Å²) >= 11 is 1.41. The van der Waals surface area contributed by atoms with E-state index in [1.165, 1.54) is 11.3 Å². The van der Waals surface area contributed by atoms with Crippen LogP contribution in [0.4, 0.5) is 5.13 Å². The van der Waals surface area contributed by atoms with E-state index in [1.54, 1.807) is 10.7 Å². The molecule has 7 nitrogen and oxygen atoms in total. The first-order valence-electron chi connectivity index (χ1n) is 8.09. The van der Waals surface area contributed by atoms with E-state index in [2.05, 4.69) is 15.4 Å². The summed E-state index contributed by atoms with van der Waals surface area (Å²) in [5.74, 6) is 1.19. The number of hydrogen-bond acceptors (Lipinski definition) is 6. The number of aryl methyl sites for hydroxylation is 1. The van der Waals surface area contributed by atoms with E-state index in [0.29, 0.717) is 35.5 Å². The maximum absolute atomic E-state index is 12.6. The minimum atomic E-state index is -0.217. The average Bonchev–Trinajstić information content (AvgIpc) is 3.15. The van der Waals surface area contributed by atoms with Gasteiger partial charge in [0.05, 0.1) is 15.9 Å². The standard InChI is InChI=1S/C17H18N4O3S/c1-9(2)21-12(6-10(3)20-21)16(22)19-17-18-11-7-13-14(8-15(11)25-17)24-5-4-23-13/h6-9H,4-5H2,1-3H3,(H,18,19,22). The van der Waals surface area contributed by atoms with E-state index in [4.69, 9.17) is 9.47 Å². The number of carbonyl (C=O) groups excluding carboxylic acids is 1. The Morgan fingerprint density at radius 1 is 1.24 bits per heavy atom. The van der Waals surface area contributed by atoms with Crippen molar-refractivity contribution in [2.45, 2.75) is 26.8 Å². The molecule has 3 aromatic rings. The van der Waals surface area contributed by atoms with Crippen LogP contribution in [0.5, 0.6) is 11.5 Å². The van der Waals surface area contributed by atoms with Gasteiger partial charge in [-0.05, 0) is 26.8 Å². The first-order chi connectivity index (χ1) is 12.0. The zero-order valence-electron chi connectivity index (χ0n) is 14.2. The number of thiazole rings is 1. The van der Waals surface area contributed by atoms with Crippen molar-refractivity contribution in [3.63, 3.8) is 0 Å². The molecule has 0 saturated heterocycles. The third-order valence-corrected chi connectivity index (χ3v) is 4.79. The summed E-state index contributed by atoms with van der Waals surface area (Å²) in [6.45, 7) is 6.93. The van der Waals surface area contributed by atoms with Gasteiger partial charge in [0.1, 0.15) is 18.9 Å². The lowest BCUT2D eigenvalue weighted by Gasteiger charge is -2.17. The van der Waals surface area contributed by atoms with Crippen molar-refractivity contribution >= 4 is 32.6 Å². The van der Waals surface area contributed by atoms with Crippen LogP contribution < -0.4 is 14.8 Å². The van der Waals surface area contributed by atoms with Crippen molar-refractivity contribution in [2.75, 3.05) is 18.5 Å². The lowest BCUT2D eigenvalue weighted by Crippen LogP contribution is -2.18. The van der Waals surface area contributed by atoms with E-state index < -0.39 is 0 Å². The van der Waals surface area contributed by atoms with Crippen LogP contribution in [0.1, 0.15) is 36.1 Å². The number of rotatable bonds is 3. The molecule has 4 rings (SSSR count). The fraction of sp³-hybridized carbons (Fsp3) is 0.353. The van der Waals surface area contributed by atoms with Crippen molar-refractivity contribution in [1.29, 1.82) is 0 Å². The maximum Gasteiger partial charge on any atom is 0.275 e. The predicted octanol–water partition coefficient (Wildman–Crippen LogP) is 3.41. The molecule has 0 fully saturated rings. The molecule has 25 heavy (non-hydrogen) atoms. The highest BCUT2D eigenvalue weighted by Gasteiger charge is 2.19. The quantitative estimate of drug-likeness (QED) is 0.776. The monoisotopic (exact) mass is 358 g/mol. The Labute approximate surface area is 148 Å². The Bertz CT molecular complexity index is 917. The number of aromatic nitrogens is 3. The number of amides is 1. The lowest BCUT2D eigenvalue weighted by atomic mass is 10.3. The van der Waals surface area contributed by atoms with Crippen LogP contribution in [0.2, 0.25) is 0 Å². The normalized spacial score (nSPS) is 13.4. The summed E-state index contributed by atoms with van der Waals surface area (Å²) in [6.07, 6.45) is 0. The van der Waals surface area contributed by atoms with E-state index >= 15 is 0 Å². The molecule has 0 saturated carbocycles. The molecule has 0 radical (unpaired) electrons. The molecule has 0 atom stereocenters. The molecule has 0 bridgehead atoms. The minimum absolute atomic E-state index is 0.103. The molecular formula is C17H18N4O3S. The molecule has 8 heteroatoms. The van der Waals surface area contributed by atoms with Crippen molar-refractivity contribution in [3.8, 4) is 11.5 Å². The molecule has 1 N–H and O–H groups in total. The van der Waals surface area contributed by atoms with Crippen LogP contribution in [0.3, 0.4) is 0 Å². The second kappa shape index (κ2) is 6.03. The number of fused-ring (bicyclic) bond motifs is 2. The van der Waals surface area contributed by atoms with Crippen LogP contribution in [0.15, 0.2) is 18.2 Å². The smallest absolute Gasteiger partial charge is 0.275 e. The van der Waals surface area contributed by atoms with Gasteiger partial charge in [0.15, 0.2) is 16.6 Å². The van der Waals surface area contributed by atoms with Gasteiger partial charge in [0, 0.05) is 18.2 Å². The molecular weight excluding hydrogens is 340 g/mol. The fourth-order valence-electron chi connectivity index (χ4n) is 2.76. The minimum Gasteiger partial charge on any atom is -0.486 e. The topological polar surface area (TPSA) is 78.3 Å². The number of ether oxygens (including phenoxy) is 2. The summed E-state index contributed by atoms with van der Waals surface area (Å²) < 4.78 is 13.8. The van der Waals surface area contributed by atoms with Gasteiger partial charge in [0.25, 0.3) is 5.91 Å². The maximum atomic E-state index is 12.6. The van der Waals surface area contributed by atoms with Crippen molar-refractivity contribution < 1.29 is 14.3 Å². The number of anilines is 1. The molecule has 3 heterocycles. The Hall–Kier alpha value is -2.61. The third-order valence-electron chi connectivity index (χ3n) is 3.85. The first-order valence-corrected chi connectivity index (χ1v) is 8.90. The molecule has 0 spiro atoms. The fourth-order valence-corrected chi connectivity index (χ4v) is 3.63. The lowest BCUT2D eigenvalue weighted by molar-refractivity contribution is 0.101. The zero-order valence-corrected chi connectivity index (χ0v) is 15.0. The molecule has 2 aromatic heterocycles. The van der Waals surface area contributed by atoms with Crippen LogP contribution >= 0.6 is 11.3 Å². The summed E-state index contributed by atoms with van der Waals surface area (Å²) in [5.41, 5.74) is 2.11. The van der Waals surface area contributed by atoms with Crippen LogP contribution in [-0.4, -0.2) is 33.9 Å². The van der Waals surface area contributed by atoms with Gasteiger partial charge >= 0.3 is 0 Å². The number of nitrogens with one attached hydrogen (secondary N) is 1. The Kier molecular flexibility index (Phi) is 3.84. The SMILES string of the molecule is Cc1cc(C(=O)Nc2nc3cc4c(cc3s2)OCCO4)n(C(C)C)n1. The number of nitrogens with zero attached hydrogens (tertiary/aromatic N) is 3. The molecule has 0 unspecified atom stereocenters. The molecule has 1 amide bonds. The van der Waals surface area contributed by atoms with Gasteiger partial charge < -0.3 is 9.47 Å². The second-order valence-electron chi connectivity index (χ2n) is 6.15. The highest BCUT2D eigenvalue weighted by molar-refractivity contribution is 7.22. The predicted molar refractivity (Wildman–Crippen MR) is 95.9 cm³/mol. The largest absolute Gasteiger partial charge is 0.486 e. The van der Waals surface area contributed by atoms with E-state index in [-0.39, 0.29) is 11.9 Å². The van der Waals surface area contributed by atoms with E-state index in [1.807, 2.05) is 32.9 Å². The highest BCUT2D eigenvalue weighted by atomic mass is 32.1. The van der Waals surface area contributed by atoms with Crippen LogP contribution in [0.25, 0.3) is 10.2 Å². The van der Waals surface area contributed by atoms with Crippen LogP contribution in [-0.2, 0) is 0 Å². The Morgan fingerprint density at radius 3 is 2.68 bits per heavy atom. The van der Waals surface area contributed by atoms with Crippen molar-refractivity contribution in [1.82, 2.24) is 14.8 Å². The summed E-state index contributed by atoms with van der Waals surface area (Å²) in [5, 5.41) is 7.78. The van der Waals surface area contributed by atoms with Gasteiger partial charge in [-0.1, -0.05) is 11.3 Å². The second-order valence-corrected chi connectivity index (χ2v) is 7.18. The van der Waals surface area contributed by atoms with E-state index in [0.717, 1.165) is 15.9 Å². The summed E-state index contributed by atoms with van der Waals surface area (Å²) in [6, 6.07) is 5.63. The Morgan fingerprint density at radius 2 is 1.96 bits per heavy atom. The van der Waals surface area contributed by atoms with E-state index in [9.17, 15) is 4.79 Å². The number of carbonyl (C=O) groups is 1. The molecule has 1 aliphatic heterocycles. The van der Waals surface area contributed by atoms with Gasteiger partial charge in [-0.15, -0.1) is 0 Å². The molecule has 1 aromatic carbocycles. The Balaban J connectivity index is 1.63. The zero-order chi connectivity index (χ0) is 17.6. The van der Waals surface area contributed by atoms with Crippen molar-refractivity contribution in [2.24, 2.45) is 0 Å². The number of hydrogen-bond donors (Lipinski definition) is 1. The highest BCUT2D eigenvalue weighted by Crippen LogP contribution is 2.37. The van der Waals surface area contributed by atoms with Gasteiger partial charge in [-0.2, -0.15) is 5.10 Å². The number of benzene rings is 1. The third kappa shape index (κ3) is 2.93. The molecule has 1 aliphatic rings. The van der Waals surface area contributed by atoms with Gasteiger partial charge in [-0.25, -0.2) is 4.98 Å². The van der Waals surface area contributed by atoms with Gasteiger partial charge in [0.2, 0.25) is 0 Å².